The first-order valence-electron chi connectivity index (χ1n) is 5.39. The van der Waals surface area contributed by atoms with Crippen molar-refractivity contribution in [1.82, 2.24) is 4.90 Å². The third-order valence-electron chi connectivity index (χ3n) is 3.13. The van der Waals surface area contributed by atoms with Crippen LogP contribution in [0.4, 0.5) is 4.79 Å². The van der Waals surface area contributed by atoms with Gasteiger partial charge in [0.1, 0.15) is 11.1 Å². The van der Waals surface area contributed by atoms with Crippen LogP contribution in [0.1, 0.15) is 40.0 Å². The van der Waals surface area contributed by atoms with Gasteiger partial charge in [-0.2, -0.15) is 0 Å². The zero-order valence-electron chi connectivity index (χ0n) is 9.50. The molecule has 0 N–H and O–H groups in total. The number of hydrogen-bond acceptors (Lipinski definition) is 3. The van der Waals surface area contributed by atoms with Gasteiger partial charge in [-0.25, -0.2) is 4.79 Å². The smallest absolute Gasteiger partial charge is 0.411 e. The maximum Gasteiger partial charge on any atom is 0.411 e. The molecule has 2 aliphatic rings. The van der Waals surface area contributed by atoms with E-state index in [-0.39, 0.29) is 18.4 Å². The quantitative estimate of drug-likeness (QED) is 0.613. The highest BCUT2D eigenvalue weighted by atomic mass is 16.6. The number of rotatable bonds is 0. The van der Waals surface area contributed by atoms with Crippen LogP contribution in [0.3, 0.4) is 0 Å². The molecule has 4 nitrogen and oxygen atoms in total. The molecule has 2 rings (SSSR count). The Balaban J connectivity index is 2.01. The molecule has 1 saturated carbocycles. The summed E-state index contributed by atoms with van der Waals surface area (Å²) in [7, 11) is 0. The van der Waals surface area contributed by atoms with Crippen LogP contribution >= 0.6 is 0 Å². The van der Waals surface area contributed by atoms with E-state index in [1.165, 1.54) is 0 Å². The van der Waals surface area contributed by atoms with Crippen molar-refractivity contribution in [2.75, 3.05) is 6.54 Å². The van der Waals surface area contributed by atoms with E-state index in [0.717, 1.165) is 19.3 Å². The van der Waals surface area contributed by atoms with Crippen LogP contribution in [0, 0.1) is 0 Å². The van der Waals surface area contributed by atoms with Crippen LogP contribution in [0.5, 0.6) is 0 Å². The zero-order valence-corrected chi connectivity index (χ0v) is 9.50. The predicted octanol–water partition coefficient (Wildman–Crippen LogP) is 1.73. The Morgan fingerprint density at radius 3 is 2.33 bits per heavy atom. The lowest BCUT2D eigenvalue weighted by molar-refractivity contribution is -0.155. The third kappa shape index (κ3) is 1.52. The van der Waals surface area contributed by atoms with E-state index in [0.29, 0.717) is 0 Å². The molecule has 84 valence electrons. The Labute approximate surface area is 89.6 Å². The monoisotopic (exact) mass is 211 g/mol. The third-order valence-corrected chi connectivity index (χ3v) is 3.13. The molecular formula is C11H17NO3. The van der Waals surface area contributed by atoms with E-state index in [1.807, 2.05) is 20.8 Å². The molecule has 0 radical (unpaired) electrons. The first-order valence-corrected chi connectivity index (χ1v) is 5.39. The van der Waals surface area contributed by atoms with Crippen molar-refractivity contribution in [2.24, 2.45) is 0 Å². The van der Waals surface area contributed by atoms with Crippen LogP contribution in [-0.2, 0) is 9.53 Å². The van der Waals surface area contributed by atoms with Gasteiger partial charge in [-0.1, -0.05) is 0 Å². The molecule has 0 bridgehead atoms. The molecule has 1 aliphatic carbocycles. The van der Waals surface area contributed by atoms with E-state index in [2.05, 4.69) is 0 Å². The van der Waals surface area contributed by atoms with Gasteiger partial charge >= 0.3 is 6.09 Å². The van der Waals surface area contributed by atoms with Gasteiger partial charge in [0.05, 0.1) is 6.54 Å². The maximum absolute atomic E-state index is 11.7. The standard InChI is InChI=1S/C11H17NO3/c1-10(2,3)15-9(14)12-7-8(13)11(12)5-4-6-11/h4-7H2,1-3H3. The summed E-state index contributed by atoms with van der Waals surface area (Å²) in [6.45, 7) is 5.73. The first-order chi connectivity index (χ1) is 6.85. The number of carbonyl (C=O) groups is 2. The normalized spacial score (nSPS) is 23.4. The molecule has 0 aromatic heterocycles. The zero-order chi connectivity index (χ0) is 11.3. The van der Waals surface area contributed by atoms with Gasteiger partial charge in [0, 0.05) is 0 Å². The second-order valence-corrected chi connectivity index (χ2v) is 5.37. The lowest BCUT2D eigenvalue weighted by Gasteiger charge is -2.55. The number of carbonyl (C=O) groups excluding carboxylic acids is 2. The average Bonchev–Trinajstić information content (AvgIpc) is 1.92. The second kappa shape index (κ2) is 2.97. The highest BCUT2D eigenvalue weighted by Crippen LogP contribution is 2.45. The summed E-state index contributed by atoms with van der Waals surface area (Å²) in [5, 5.41) is 0. The van der Waals surface area contributed by atoms with E-state index >= 15 is 0 Å². The maximum atomic E-state index is 11.7. The number of nitrogens with zero attached hydrogens (tertiary/aromatic N) is 1. The average molecular weight is 211 g/mol. The van der Waals surface area contributed by atoms with Gasteiger partial charge in [-0.05, 0) is 40.0 Å². The fourth-order valence-electron chi connectivity index (χ4n) is 2.12. The molecule has 0 aromatic rings. The summed E-state index contributed by atoms with van der Waals surface area (Å²) in [5.74, 6) is 0.194. The van der Waals surface area contributed by atoms with Crippen LogP contribution in [0.15, 0.2) is 0 Å². The van der Waals surface area contributed by atoms with Crippen molar-refractivity contribution in [3.63, 3.8) is 0 Å². The van der Waals surface area contributed by atoms with Gasteiger partial charge in [0.2, 0.25) is 0 Å². The highest BCUT2D eigenvalue weighted by Gasteiger charge is 2.59. The molecule has 2 fully saturated rings. The summed E-state index contributed by atoms with van der Waals surface area (Å²) < 4.78 is 5.26. The number of amides is 1. The Bertz CT molecular complexity index is 312. The molecule has 4 heteroatoms. The van der Waals surface area contributed by atoms with E-state index < -0.39 is 11.1 Å². The summed E-state index contributed by atoms with van der Waals surface area (Å²) >= 11 is 0. The molecular weight excluding hydrogens is 194 g/mol. The molecule has 0 aromatic carbocycles. The number of likely N-dealkylation sites (tertiary alicyclic amines) is 1. The molecule has 1 heterocycles. The minimum Gasteiger partial charge on any atom is -0.444 e. The van der Waals surface area contributed by atoms with Crippen LogP contribution in [0.2, 0.25) is 0 Å². The molecule has 0 unspecified atom stereocenters. The second-order valence-electron chi connectivity index (χ2n) is 5.37. The van der Waals surface area contributed by atoms with Crippen molar-refractivity contribution >= 4 is 11.9 Å². The van der Waals surface area contributed by atoms with Crippen molar-refractivity contribution in [3.8, 4) is 0 Å². The van der Waals surface area contributed by atoms with Gasteiger partial charge in [-0.3, -0.25) is 9.69 Å². The lowest BCUT2D eigenvalue weighted by atomic mass is 9.67. The fraction of sp³-hybridized carbons (Fsp3) is 0.818. The lowest BCUT2D eigenvalue weighted by Crippen LogP contribution is -2.73. The topological polar surface area (TPSA) is 46.6 Å². The summed E-state index contributed by atoms with van der Waals surface area (Å²) in [6.07, 6.45) is 2.31. The molecule has 1 saturated heterocycles. The minimum atomic E-state index is -0.485. The summed E-state index contributed by atoms with van der Waals surface area (Å²) in [6, 6.07) is 0. The van der Waals surface area contributed by atoms with Gasteiger partial charge in [0.25, 0.3) is 0 Å². The van der Waals surface area contributed by atoms with Crippen molar-refractivity contribution < 1.29 is 14.3 Å². The number of hydrogen-bond donors (Lipinski definition) is 0. The van der Waals surface area contributed by atoms with Gasteiger partial charge in [-0.15, -0.1) is 0 Å². The Hall–Kier alpha value is -1.06. The van der Waals surface area contributed by atoms with Crippen LogP contribution in [-0.4, -0.2) is 34.5 Å². The molecule has 1 spiro atoms. The van der Waals surface area contributed by atoms with E-state index in [4.69, 9.17) is 4.74 Å². The SMILES string of the molecule is CC(C)(C)OC(=O)N1CC(=O)C12CCC2. The van der Waals surface area contributed by atoms with Gasteiger partial charge in [0.15, 0.2) is 5.78 Å². The molecule has 1 amide bonds. The summed E-state index contributed by atoms with van der Waals surface area (Å²) in [4.78, 5) is 24.8. The molecule has 0 atom stereocenters. The van der Waals surface area contributed by atoms with Gasteiger partial charge < -0.3 is 4.74 Å². The minimum absolute atomic E-state index is 0.194. The molecule has 15 heavy (non-hydrogen) atoms. The summed E-state index contributed by atoms with van der Waals surface area (Å²) in [5.41, 5.74) is -0.955. The Morgan fingerprint density at radius 1 is 1.40 bits per heavy atom. The first kappa shape index (κ1) is 10.5. The van der Waals surface area contributed by atoms with Crippen molar-refractivity contribution in [1.29, 1.82) is 0 Å². The predicted molar refractivity (Wildman–Crippen MR) is 54.5 cm³/mol. The van der Waals surface area contributed by atoms with E-state index in [1.54, 1.807) is 4.90 Å². The number of ether oxygens (including phenoxy) is 1. The molecule has 1 aliphatic heterocycles. The van der Waals surface area contributed by atoms with Crippen LogP contribution in [0.25, 0.3) is 0 Å². The highest BCUT2D eigenvalue weighted by molar-refractivity contribution is 6.02. The Morgan fingerprint density at radius 2 is 2.00 bits per heavy atom. The van der Waals surface area contributed by atoms with Crippen LogP contribution < -0.4 is 0 Å². The van der Waals surface area contributed by atoms with Crippen molar-refractivity contribution in [2.45, 2.75) is 51.2 Å². The number of ketones is 1. The van der Waals surface area contributed by atoms with E-state index in [9.17, 15) is 9.59 Å². The van der Waals surface area contributed by atoms with Crippen molar-refractivity contribution in [3.05, 3.63) is 0 Å². The largest absolute Gasteiger partial charge is 0.444 e. The number of Topliss-reactive ketones (excluding diaryl/α,β-unsaturated/α-hetero) is 1. The fourth-order valence-corrected chi connectivity index (χ4v) is 2.12. The Kier molecular flexibility index (Phi) is 2.07.